The Bertz CT molecular complexity index is 4750. The van der Waals surface area contributed by atoms with E-state index in [9.17, 15) is 0 Å². The normalized spacial score (nSPS) is 13.8. The van der Waals surface area contributed by atoms with E-state index in [4.69, 9.17) is 0 Å². The zero-order chi connectivity index (χ0) is 59.0. The van der Waals surface area contributed by atoms with Crippen molar-refractivity contribution < 1.29 is 0 Å². The van der Waals surface area contributed by atoms with Crippen LogP contribution in [-0.4, -0.2) is 4.57 Å². The first-order valence-corrected chi connectivity index (χ1v) is 31.0. The average molecular weight is 1120 g/mol. The van der Waals surface area contributed by atoms with E-state index in [1.54, 1.807) is 0 Å². The molecule has 0 saturated heterocycles. The lowest BCUT2D eigenvalue weighted by atomic mass is 9.66. The van der Waals surface area contributed by atoms with Crippen molar-refractivity contribution in [3.63, 3.8) is 0 Å². The number of para-hydroxylation sites is 3. The van der Waals surface area contributed by atoms with Crippen molar-refractivity contribution in [1.29, 1.82) is 0 Å². The van der Waals surface area contributed by atoms with Crippen LogP contribution in [0.4, 0.5) is 17.1 Å². The zero-order valence-electron chi connectivity index (χ0n) is 50.5. The Labute approximate surface area is 512 Å². The van der Waals surface area contributed by atoms with Gasteiger partial charge in [-0.3, -0.25) is 0 Å². The summed E-state index contributed by atoms with van der Waals surface area (Å²) in [7, 11) is 0. The Hall–Kier alpha value is -10.0. The van der Waals surface area contributed by atoms with Crippen molar-refractivity contribution in [2.45, 2.75) is 70.6 Å². The Morgan fingerprint density at radius 3 is 1.56 bits per heavy atom. The van der Waals surface area contributed by atoms with Crippen LogP contribution in [0.15, 0.2) is 297 Å². The van der Waals surface area contributed by atoms with Crippen molar-refractivity contribution in [2.24, 2.45) is 0 Å². The molecule has 12 aromatic carbocycles. The molecule has 0 bridgehead atoms. The predicted molar refractivity (Wildman–Crippen MR) is 370 cm³/mol. The molecule has 0 unspecified atom stereocenters. The summed E-state index contributed by atoms with van der Waals surface area (Å²) in [4.78, 5) is 2.47. The second kappa shape index (κ2) is 21.2. The van der Waals surface area contributed by atoms with Gasteiger partial charge in [0.1, 0.15) is 0 Å². The van der Waals surface area contributed by atoms with E-state index in [2.05, 4.69) is 342 Å². The van der Waals surface area contributed by atoms with Crippen molar-refractivity contribution in [3.05, 3.63) is 330 Å². The second-order valence-electron chi connectivity index (χ2n) is 26.0. The van der Waals surface area contributed by atoms with Crippen LogP contribution in [0.25, 0.3) is 88.3 Å². The summed E-state index contributed by atoms with van der Waals surface area (Å²) in [6, 6.07) is 105. The van der Waals surface area contributed by atoms with E-state index in [1.165, 1.54) is 110 Å². The highest BCUT2D eigenvalue weighted by molar-refractivity contribution is 6.11. The maximum atomic E-state index is 2.50. The maximum absolute atomic E-state index is 2.50. The minimum absolute atomic E-state index is 0.0275. The van der Waals surface area contributed by atoms with Gasteiger partial charge < -0.3 is 9.47 Å². The fourth-order valence-electron chi connectivity index (χ4n) is 14.3. The fourth-order valence-corrected chi connectivity index (χ4v) is 14.3. The molecule has 13 aromatic rings. The molecule has 0 radical (unpaired) electrons. The van der Waals surface area contributed by atoms with Crippen LogP contribution in [-0.2, 0) is 16.2 Å². The van der Waals surface area contributed by atoms with E-state index in [0.29, 0.717) is 0 Å². The Morgan fingerprint density at radius 1 is 0.391 bits per heavy atom. The second-order valence-corrected chi connectivity index (χ2v) is 26.0. The number of aromatic nitrogens is 1. The number of anilines is 3. The highest BCUT2D eigenvalue weighted by atomic mass is 15.1. The molecular weight excluding hydrogens is 1050 g/mol. The van der Waals surface area contributed by atoms with Gasteiger partial charge in [0, 0.05) is 33.4 Å². The van der Waals surface area contributed by atoms with Gasteiger partial charge in [-0.1, -0.05) is 272 Å². The third-order valence-corrected chi connectivity index (χ3v) is 18.7. The van der Waals surface area contributed by atoms with Gasteiger partial charge in [0.2, 0.25) is 0 Å². The quantitative estimate of drug-likeness (QED) is 0.132. The molecule has 2 aliphatic rings. The lowest BCUT2D eigenvalue weighted by Gasteiger charge is -2.35. The lowest BCUT2D eigenvalue weighted by Crippen LogP contribution is -2.29. The SMILES string of the molecule is CC(C)(C)c1cc(-c2cccc3cccc(-c4ccccc4N(c4ccc(-c5ccc6c(c5)C(c5ccccc5)(c5ccccc5)C5=C6CCC=C5)cc4)c4ccc(-c5ccc6c7ccccc7n(-c7ccccc7)c6c5)cc4)c23)cc(C(C)(C)C)c1. The molecule has 87 heavy (non-hydrogen) atoms. The number of hydrogen-bond donors (Lipinski definition) is 0. The number of nitrogens with zero attached hydrogens (tertiary/aromatic N) is 2. The number of allylic oxidation sites excluding steroid dienone is 4. The summed E-state index contributed by atoms with van der Waals surface area (Å²) < 4.78 is 2.40. The molecular formula is C85H70N2. The van der Waals surface area contributed by atoms with Gasteiger partial charge in [0.15, 0.2) is 0 Å². The molecule has 0 saturated carbocycles. The van der Waals surface area contributed by atoms with Crippen LogP contribution in [0.5, 0.6) is 0 Å². The van der Waals surface area contributed by atoms with Gasteiger partial charge in [0.25, 0.3) is 0 Å². The smallest absolute Gasteiger partial charge is 0.0710 e. The lowest BCUT2D eigenvalue weighted by molar-refractivity contribution is 0.569. The highest BCUT2D eigenvalue weighted by Gasteiger charge is 2.47. The summed E-state index contributed by atoms with van der Waals surface area (Å²) in [6.45, 7) is 14.0. The first-order valence-electron chi connectivity index (χ1n) is 31.0. The standard InChI is InChI=1S/C85H70N2/c1-83(2,3)65-52-62(53-66(56-65)84(4,5)6)70-35-22-24-59-25-23-36-76(82(59)70)74-34-18-20-38-79(74)86(69-48-42-58(43-49-69)61-45-51-75-73-33-17-21-39-80(73)87(81(75)55-61)67-30-14-9-15-31-67)68-46-40-57(41-47-68)60-44-50-72-71-32-16-19-37-77(71)85(78(72)54-60,63-26-10-7-11-27-63)64-28-12-8-13-29-64/h7-15,17-31,33-56H,16,32H2,1-6H3. The van der Waals surface area contributed by atoms with Gasteiger partial charge in [-0.25, -0.2) is 0 Å². The maximum Gasteiger partial charge on any atom is 0.0710 e. The number of fused-ring (bicyclic) bond motifs is 6. The van der Waals surface area contributed by atoms with Crippen molar-refractivity contribution in [3.8, 4) is 50.2 Å². The molecule has 0 spiro atoms. The van der Waals surface area contributed by atoms with Gasteiger partial charge >= 0.3 is 0 Å². The van der Waals surface area contributed by atoms with Crippen LogP contribution >= 0.6 is 0 Å². The van der Waals surface area contributed by atoms with E-state index in [0.717, 1.165) is 46.7 Å². The molecule has 2 aliphatic carbocycles. The molecule has 420 valence electrons. The van der Waals surface area contributed by atoms with Crippen LogP contribution < -0.4 is 4.90 Å². The van der Waals surface area contributed by atoms with E-state index in [-0.39, 0.29) is 10.8 Å². The summed E-state index contributed by atoms with van der Waals surface area (Å²) in [6.07, 6.45) is 6.88. The van der Waals surface area contributed by atoms with E-state index >= 15 is 0 Å². The molecule has 0 amide bonds. The number of benzene rings is 12. The molecule has 2 heteroatoms. The van der Waals surface area contributed by atoms with Crippen LogP contribution in [0, 0.1) is 0 Å². The first kappa shape index (κ1) is 53.7. The average Bonchev–Trinajstić information content (AvgIpc) is 1.58. The molecule has 0 atom stereocenters. The third kappa shape index (κ3) is 9.17. The predicted octanol–water partition coefficient (Wildman–Crippen LogP) is 23.1. The highest BCUT2D eigenvalue weighted by Crippen LogP contribution is 2.58. The Morgan fingerprint density at radius 2 is 0.920 bits per heavy atom. The fraction of sp³-hybridized carbons (Fsp3) is 0.129. The third-order valence-electron chi connectivity index (χ3n) is 18.7. The van der Waals surface area contributed by atoms with E-state index in [1.807, 2.05) is 0 Å². The molecule has 0 N–H and O–H groups in total. The minimum atomic E-state index is -0.440. The van der Waals surface area contributed by atoms with Crippen LogP contribution in [0.2, 0.25) is 0 Å². The summed E-state index contributed by atoms with van der Waals surface area (Å²) in [5.41, 5.74) is 26.7. The summed E-state index contributed by atoms with van der Waals surface area (Å²) in [5, 5.41) is 4.96. The van der Waals surface area contributed by atoms with Gasteiger partial charge in [0.05, 0.1) is 22.1 Å². The zero-order valence-corrected chi connectivity index (χ0v) is 50.5. The van der Waals surface area contributed by atoms with Gasteiger partial charge in [-0.05, 0) is 179 Å². The van der Waals surface area contributed by atoms with Crippen molar-refractivity contribution >= 4 is 55.2 Å². The largest absolute Gasteiger partial charge is 0.310 e. The summed E-state index contributed by atoms with van der Waals surface area (Å²) >= 11 is 0. The molecule has 0 fully saturated rings. The summed E-state index contributed by atoms with van der Waals surface area (Å²) in [5.74, 6) is 0. The Balaban J connectivity index is 0.889. The Kier molecular flexibility index (Phi) is 13.1. The number of rotatable bonds is 10. The van der Waals surface area contributed by atoms with Crippen molar-refractivity contribution in [1.82, 2.24) is 4.57 Å². The topological polar surface area (TPSA) is 8.17 Å². The molecule has 1 aromatic heterocycles. The van der Waals surface area contributed by atoms with Gasteiger partial charge in [-0.2, -0.15) is 0 Å². The van der Waals surface area contributed by atoms with E-state index < -0.39 is 5.41 Å². The van der Waals surface area contributed by atoms with Crippen molar-refractivity contribution in [2.75, 3.05) is 4.90 Å². The minimum Gasteiger partial charge on any atom is -0.310 e. The molecule has 2 nitrogen and oxygen atoms in total. The van der Waals surface area contributed by atoms with Crippen LogP contribution in [0.1, 0.15) is 87.8 Å². The monoisotopic (exact) mass is 1120 g/mol. The molecule has 15 rings (SSSR count). The van der Waals surface area contributed by atoms with Crippen LogP contribution in [0.3, 0.4) is 0 Å². The molecule has 1 heterocycles. The number of hydrogen-bond acceptors (Lipinski definition) is 1. The first-order chi connectivity index (χ1) is 42.4. The molecule has 0 aliphatic heterocycles. The van der Waals surface area contributed by atoms with Gasteiger partial charge in [-0.15, -0.1) is 0 Å².